The second-order valence-electron chi connectivity index (χ2n) is 5.01. The number of hydrogen-bond donors (Lipinski definition) is 1. The standard InChI is InChI=1S/C13H19N3O2/c1-4-5-6-16-11-10(7-9(14)8-15-11)18-13(2,3)12(16)17/h7-8H,4-6,14H2,1-3H3. The van der Waals surface area contributed by atoms with Gasteiger partial charge < -0.3 is 10.5 Å². The van der Waals surface area contributed by atoms with Gasteiger partial charge in [-0.2, -0.15) is 0 Å². The first kappa shape index (κ1) is 12.7. The molecule has 2 heterocycles. The molecular weight excluding hydrogens is 230 g/mol. The lowest BCUT2D eigenvalue weighted by atomic mass is 10.0. The van der Waals surface area contributed by atoms with Crippen molar-refractivity contribution >= 4 is 17.4 Å². The van der Waals surface area contributed by atoms with Crippen LogP contribution in [-0.4, -0.2) is 23.0 Å². The van der Waals surface area contributed by atoms with E-state index in [9.17, 15) is 4.79 Å². The predicted octanol–water partition coefficient (Wildman–Crippen LogP) is 1.97. The minimum Gasteiger partial charge on any atom is -0.474 e. The number of fused-ring (bicyclic) bond motifs is 1. The maximum absolute atomic E-state index is 12.3. The highest BCUT2D eigenvalue weighted by Crippen LogP contribution is 2.37. The molecule has 0 radical (unpaired) electrons. The molecule has 0 atom stereocenters. The second-order valence-corrected chi connectivity index (χ2v) is 5.01. The van der Waals surface area contributed by atoms with Crippen LogP contribution >= 0.6 is 0 Å². The fraction of sp³-hybridized carbons (Fsp3) is 0.538. The van der Waals surface area contributed by atoms with Crippen LogP contribution in [0.3, 0.4) is 0 Å². The first-order chi connectivity index (χ1) is 8.45. The maximum Gasteiger partial charge on any atom is 0.271 e. The molecular formula is C13H19N3O2. The number of unbranched alkanes of at least 4 members (excludes halogenated alkanes) is 1. The molecule has 0 saturated heterocycles. The summed E-state index contributed by atoms with van der Waals surface area (Å²) in [6.07, 6.45) is 3.51. The number of amides is 1. The molecule has 0 fully saturated rings. The van der Waals surface area contributed by atoms with Crippen molar-refractivity contribution in [3.63, 3.8) is 0 Å². The molecule has 2 N–H and O–H groups in total. The summed E-state index contributed by atoms with van der Waals surface area (Å²) >= 11 is 0. The summed E-state index contributed by atoms with van der Waals surface area (Å²) in [4.78, 5) is 18.3. The Bertz CT molecular complexity index is 471. The number of anilines is 2. The van der Waals surface area contributed by atoms with Gasteiger partial charge in [-0.25, -0.2) is 4.98 Å². The van der Waals surface area contributed by atoms with Crippen LogP contribution in [0.15, 0.2) is 12.3 Å². The lowest BCUT2D eigenvalue weighted by molar-refractivity contribution is -0.132. The average molecular weight is 249 g/mol. The molecule has 5 nitrogen and oxygen atoms in total. The Morgan fingerprint density at radius 1 is 1.50 bits per heavy atom. The zero-order chi connectivity index (χ0) is 13.3. The van der Waals surface area contributed by atoms with Gasteiger partial charge in [-0.3, -0.25) is 9.69 Å². The van der Waals surface area contributed by atoms with Gasteiger partial charge in [-0.05, 0) is 20.3 Å². The van der Waals surface area contributed by atoms with Crippen LogP contribution in [0.2, 0.25) is 0 Å². The van der Waals surface area contributed by atoms with E-state index in [0.717, 1.165) is 12.8 Å². The second kappa shape index (κ2) is 4.48. The smallest absolute Gasteiger partial charge is 0.271 e. The normalized spacial score (nSPS) is 17.3. The summed E-state index contributed by atoms with van der Waals surface area (Å²) in [6, 6.07) is 1.72. The first-order valence-electron chi connectivity index (χ1n) is 6.22. The van der Waals surface area contributed by atoms with Gasteiger partial charge >= 0.3 is 0 Å². The molecule has 2 rings (SSSR count). The fourth-order valence-electron chi connectivity index (χ4n) is 1.99. The SMILES string of the molecule is CCCCN1C(=O)C(C)(C)Oc2cc(N)cnc21. The van der Waals surface area contributed by atoms with E-state index in [1.165, 1.54) is 0 Å². The number of rotatable bonds is 3. The van der Waals surface area contributed by atoms with Crippen LogP contribution in [0.1, 0.15) is 33.6 Å². The number of aromatic nitrogens is 1. The van der Waals surface area contributed by atoms with Crippen molar-refractivity contribution in [1.82, 2.24) is 4.98 Å². The predicted molar refractivity (Wildman–Crippen MR) is 70.6 cm³/mol. The van der Waals surface area contributed by atoms with E-state index in [4.69, 9.17) is 10.5 Å². The fourth-order valence-corrected chi connectivity index (χ4v) is 1.99. The number of nitrogens with two attached hydrogens (primary N) is 1. The summed E-state index contributed by atoms with van der Waals surface area (Å²) in [6.45, 7) is 6.28. The number of carbonyl (C=O) groups excluding carboxylic acids is 1. The zero-order valence-electron chi connectivity index (χ0n) is 11.1. The maximum atomic E-state index is 12.3. The van der Waals surface area contributed by atoms with E-state index in [0.29, 0.717) is 23.8 Å². The molecule has 0 saturated carbocycles. The van der Waals surface area contributed by atoms with Crippen molar-refractivity contribution in [2.24, 2.45) is 0 Å². The quantitative estimate of drug-likeness (QED) is 0.889. The lowest BCUT2D eigenvalue weighted by Gasteiger charge is -2.37. The molecule has 0 aliphatic carbocycles. The van der Waals surface area contributed by atoms with Crippen LogP contribution < -0.4 is 15.4 Å². The van der Waals surface area contributed by atoms with Crippen molar-refractivity contribution in [2.45, 2.75) is 39.2 Å². The van der Waals surface area contributed by atoms with Gasteiger partial charge in [-0.15, -0.1) is 0 Å². The summed E-state index contributed by atoms with van der Waals surface area (Å²) in [5.74, 6) is 1.10. The lowest BCUT2D eigenvalue weighted by Crippen LogP contribution is -2.53. The number of pyridine rings is 1. The van der Waals surface area contributed by atoms with Crippen LogP contribution in [0, 0.1) is 0 Å². The Morgan fingerprint density at radius 2 is 2.22 bits per heavy atom. The highest BCUT2D eigenvalue weighted by Gasteiger charge is 2.41. The van der Waals surface area contributed by atoms with E-state index in [1.807, 2.05) is 0 Å². The van der Waals surface area contributed by atoms with Crippen LogP contribution in [0.5, 0.6) is 5.75 Å². The van der Waals surface area contributed by atoms with Gasteiger partial charge in [0.2, 0.25) is 0 Å². The van der Waals surface area contributed by atoms with Crippen LogP contribution in [-0.2, 0) is 4.79 Å². The molecule has 1 aromatic rings. The molecule has 98 valence electrons. The third-order valence-electron chi connectivity index (χ3n) is 2.97. The van der Waals surface area contributed by atoms with E-state index >= 15 is 0 Å². The van der Waals surface area contributed by atoms with Gasteiger partial charge in [0.15, 0.2) is 17.2 Å². The molecule has 0 bridgehead atoms. The molecule has 1 aromatic heterocycles. The molecule has 1 amide bonds. The van der Waals surface area contributed by atoms with Gasteiger partial charge in [0, 0.05) is 12.6 Å². The monoisotopic (exact) mass is 249 g/mol. The van der Waals surface area contributed by atoms with Gasteiger partial charge in [-0.1, -0.05) is 13.3 Å². The van der Waals surface area contributed by atoms with Crippen molar-refractivity contribution in [3.8, 4) is 5.75 Å². The number of nitrogen functional groups attached to an aromatic ring is 1. The third kappa shape index (κ3) is 2.12. The van der Waals surface area contributed by atoms with Crippen molar-refractivity contribution in [1.29, 1.82) is 0 Å². The number of ether oxygens (including phenoxy) is 1. The topological polar surface area (TPSA) is 68.5 Å². The largest absolute Gasteiger partial charge is 0.474 e. The zero-order valence-corrected chi connectivity index (χ0v) is 11.1. The van der Waals surface area contributed by atoms with E-state index in [2.05, 4.69) is 11.9 Å². The molecule has 0 unspecified atom stereocenters. The molecule has 18 heavy (non-hydrogen) atoms. The summed E-state index contributed by atoms with van der Waals surface area (Å²) < 4.78 is 5.69. The molecule has 0 aromatic carbocycles. The van der Waals surface area contributed by atoms with Crippen LogP contribution in [0.4, 0.5) is 11.5 Å². The highest BCUT2D eigenvalue weighted by atomic mass is 16.5. The first-order valence-corrected chi connectivity index (χ1v) is 6.22. The van der Waals surface area contributed by atoms with Gasteiger partial charge in [0.1, 0.15) is 0 Å². The summed E-state index contributed by atoms with van der Waals surface area (Å²) in [5.41, 5.74) is 5.38. The Hall–Kier alpha value is -1.78. The number of nitrogens with zero attached hydrogens (tertiary/aromatic N) is 2. The van der Waals surface area contributed by atoms with Gasteiger partial charge in [0.05, 0.1) is 11.9 Å². The summed E-state index contributed by atoms with van der Waals surface area (Å²) in [5, 5.41) is 0. The van der Waals surface area contributed by atoms with E-state index < -0.39 is 5.60 Å². The minimum absolute atomic E-state index is 0.0549. The Morgan fingerprint density at radius 3 is 2.89 bits per heavy atom. The van der Waals surface area contributed by atoms with Crippen molar-refractivity contribution in [2.75, 3.05) is 17.2 Å². The minimum atomic E-state index is -0.865. The number of hydrogen-bond acceptors (Lipinski definition) is 4. The average Bonchev–Trinajstić information content (AvgIpc) is 2.29. The van der Waals surface area contributed by atoms with Crippen molar-refractivity contribution in [3.05, 3.63) is 12.3 Å². The van der Waals surface area contributed by atoms with E-state index in [1.54, 1.807) is 31.0 Å². The Labute approximate surface area is 107 Å². The third-order valence-corrected chi connectivity index (χ3v) is 2.97. The molecule has 1 aliphatic heterocycles. The molecule has 1 aliphatic rings. The molecule has 5 heteroatoms. The number of carbonyl (C=O) groups is 1. The van der Waals surface area contributed by atoms with Crippen molar-refractivity contribution < 1.29 is 9.53 Å². The van der Waals surface area contributed by atoms with E-state index in [-0.39, 0.29) is 5.91 Å². The van der Waals surface area contributed by atoms with Gasteiger partial charge in [0.25, 0.3) is 5.91 Å². The van der Waals surface area contributed by atoms with Crippen LogP contribution in [0.25, 0.3) is 0 Å². The molecule has 0 spiro atoms. The highest BCUT2D eigenvalue weighted by molar-refractivity contribution is 6.01. The summed E-state index contributed by atoms with van der Waals surface area (Å²) in [7, 11) is 0. The Balaban J connectivity index is 2.42. The Kier molecular flexibility index (Phi) is 3.15.